The zero-order valence-corrected chi connectivity index (χ0v) is 23.8. The van der Waals surface area contributed by atoms with Gasteiger partial charge in [0.1, 0.15) is 0 Å². The minimum absolute atomic E-state index is 0.116. The maximum Gasteiger partial charge on any atom is 0.386 e. The minimum atomic E-state index is -3.89. The molecule has 1 nitrogen and oxygen atoms in total. The van der Waals surface area contributed by atoms with Crippen molar-refractivity contribution in [2.24, 2.45) is 11.8 Å². The lowest BCUT2D eigenvalue weighted by molar-refractivity contribution is -0.249. The SMILES string of the molecule is CCCCCC1CCC(c2ccc(CCOC(F)(F)c3ccc(C4CCC(CC)CC4)c(F)c3F)cc2)CC1. The quantitative estimate of drug-likeness (QED) is 0.190. The van der Waals surface area contributed by atoms with Gasteiger partial charge in [0, 0.05) is 0 Å². The second kappa shape index (κ2) is 14.1. The van der Waals surface area contributed by atoms with Crippen LogP contribution in [0.4, 0.5) is 17.6 Å². The smallest absolute Gasteiger partial charge is 0.316 e. The molecule has 0 radical (unpaired) electrons. The van der Waals surface area contributed by atoms with Crippen LogP contribution in [0.15, 0.2) is 36.4 Å². The molecule has 0 amide bonds. The van der Waals surface area contributed by atoms with Gasteiger partial charge in [-0.05, 0) is 104 Å². The summed E-state index contributed by atoms with van der Waals surface area (Å²) in [6, 6.07) is 10.5. The first-order valence-electron chi connectivity index (χ1n) is 15.4. The summed E-state index contributed by atoms with van der Waals surface area (Å²) in [5.41, 5.74) is 1.41. The molecule has 5 heteroatoms. The topological polar surface area (TPSA) is 9.23 Å². The van der Waals surface area contributed by atoms with E-state index in [9.17, 15) is 17.6 Å². The van der Waals surface area contributed by atoms with Crippen molar-refractivity contribution in [1.29, 1.82) is 0 Å². The van der Waals surface area contributed by atoms with Crippen molar-refractivity contribution in [2.45, 2.75) is 122 Å². The van der Waals surface area contributed by atoms with Crippen molar-refractivity contribution in [2.75, 3.05) is 6.61 Å². The summed E-state index contributed by atoms with van der Waals surface area (Å²) in [7, 11) is 0. The highest BCUT2D eigenvalue weighted by Crippen LogP contribution is 2.41. The number of halogens is 4. The monoisotopic (exact) mass is 546 g/mol. The maximum atomic E-state index is 14.9. The normalized spacial score (nSPS) is 24.2. The number of hydrogen-bond acceptors (Lipinski definition) is 1. The molecular formula is C34H46F4O. The molecule has 0 aliphatic heterocycles. The van der Waals surface area contributed by atoms with Gasteiger partial charge >= 0.3 is 6.11 Å². The Morgan fingerprint density at radius 2 is 1.38 bits per heavy atom. The van der Waals surface area contributed by atoms with Crippen LogP contribution < -0.4 is 0 Å². The minimum Gasteiger partial charge on any atom is -0.316 e. The Labute approximate surface area is 232 Å². The first-order chi connectivity index (χ1) is 18.8. The Morgan fingerprint density at radius 3 is 2.03 bits per heavy atom. The van der Waals surface area contributed by atoms with E-state index >= 15 is 0 Å². The molecule has 2 saturated carbocycles. The summed E-state index contributed by atoms with van der Waals surface area (Å²) >= 11 is 0. The fraction of sp³-hybridized carbons (Fsp3) is 0.647. The van der Waals surface area contributed by atoms with E-state index in [4.69, 9.17) is 4.74 Å². The number of benzene rings is 2. The lowest BCUT2D eigenvalue weighted by Crippen LogP contribution is -2.23. The average molecular weight is 547 g/mol. The molecule has 39 heavy (non-hydrogen) atoms. The van der Waals surface area contributed by atoms with Gasteiger partial charge in [0.15, 0.2) is 11.6 Å². The van der Waals surface area contributed by atoms with Gasteiger partial charge in [-0.1, -0.05) is 76.3 Å². The van der Waals surface area contributed by atoms with E-state index in [0.717, 1.165) is 49.7 Å². The molecule has 0 spiro atoms. The molecule has 0 unspecified atom stereocenters. The summed E-state index contributed by atoms with van der Waals surface area (Å²) < 4.78 is 64.0. The van der Waals surface area contributed by atoms with Crippen molar-refractivity contribution in [3.8, 4) is 0 Å². The van der Waals surface area contributed by atoms with Crippen LogP contribution in [0.1, 0.15) is 131 Å². The molecule has 0 aromatic heterocycles. The highest BCUT2D eigenvalue weighted by molar-refractivity contribution is 5.31. The van der Waals surface area contributed by atoms with Crippen LogP contribution in [0, 0.1) is 23.5 Å². The van der Waals surface area contributed by atoms with Gasteiger partial charge in [-0.25, -0.2) is 8.78 Å². The number of ether oxygens (including phenoxy) is 1. The predicted molar refractivity (Wildman–Crippen MR) is 150 cm³/mol. The van der Waals surface area contributed by atoms with Gasteiger partial charge in [-0.3, -0.25) is 0 Å². The Balaban J connectivity index is 1.27. The van der Waals surface area contributed by atoms with Gasteiger partial charge in [-0.15, -0.1) is 0 Å². The molecule has 0 saturated heterocycles. The van der Waals surface area contributed by atoms with Gasteiger partial charge in [0.05, 0.1) is 12.2 Å². The van der Waals surface area contributed by atoms with E-state index in [1.807, 2.05) is 12.1 Å². The maximum absolute atomic E-state index is 14.9. The van der Waals surface area contributed by atoms with Crippen LogP contribution in [0.5, 0.6) is 0 Å². The van der Waals surface area contributed by atoms with Gasteiger partial charge < -0.3 is 4.74 Å². The van der Waals surface area contributed by atoms with Gasteiger partial charge in [0.2, 0.25) is 0 Å². The summed E-state index contributed by atoms with van der Waals surface area (Å²) in [6.45, 7) is 4.10. The average Bonchev–Trinajstić information content (AvgIpc) is 2.95. The molecule has 2 aromatic carbocycles. The van der Waals surface area contributed by atoms with E-state index in [1.165, 1.54) is 63.0 Å². The highest BCUT2D eigenvalue weighted by Gasteiger charge is 2.38. The predicted octanol–water partition coefficient (Wildman–Crippen LogP) is 10.8. The van der Waals surface area contributed by atoms with Crippen molar-refractivity contribution in [1.82, 2.24) is 0 Å². The largest absolute Gasteiger partial charge is 0.386 e. The van der Waals surface area contributed by atoms with E-state index < -0.39 is 23.3 Å². The number of unbranched alkanes of at least 4 members (excludes halogenated alkanes) is 2. The molecular weight excluding hydrogens is 500 g/mol. The van der Waals surface area contributed by atoms with E-state index in [-0.39, 0.29) is 24.5 Å². The van der Waals surface area contributed by atoms with Gasteiger partial charge in [0.25, 0.3) is 0 Å². The van der Waals surface area contributed by atoms with E-state index in [1.54, 1.807) is 0 Å². The molecule has 0 atom stereocenters. The van der Waals surface area contributed by atoms with Crippen LogP contribution in [0.2, 0.25) is 0 Å². The Kier molecular flexibility index (Phi) is 10.9. The summed E-state index contributed by atoms with van der Waals surface area (Å²) in [6.07, 6.45) is 11.2. The van der Waals surface area contributed by atoms with Crippen LogP contribution in [-0.4, -0.2) is 6.61 Å². The van der Waals surface area contributed by atoms with Crippen molar-refractivity contribution in [3.63, 3.8) is 0 Å². The standard InChI is InChI=1S/C34H46F4O/c1-3-5-6-7-25-10-14-27(15-11-25)28-16-12-26(13-17-28)22-23-39-34(37,38)31-21-20-30(32(35)33(31)36)29-18-8-24(4-2)9-19-29/h12-13,16-17,20-21,24-25,27,29H,3-11,14-15,18-19,22-23H2,1-2H3. The molecule has 4 rings (SSSR count). The van der Waals surface area contributed by atoms with Crippen LogP contribution in [0.3, 0.4) is 0 Å². The second-order valence-corrected chi connectivity index (χ2v) is 12.0. The zero-order valence-electron chi connectivity index (χ0n) is 23.8. The second-order valence-electron chi connectivity index (χ2n) is 12.0. The summed E-state index contributed by atoms with van der Waals surface area (Å²) in [4.78, 5) is 0. The van der Waals surface area contributed by atoms with Crippen LogP contribution in [0.25, 0.3) is 0 Å². The molecule has 216 valence electrons. The summed E-state index contributed by atoms with van der Waals surface area (Å²) in [5.74, 6) is -0.705. The van der Waals surface area contributed by atoms with Crippen LogP contribution in [-0.2, 0) is 17.3 Å². The lowest BCUT2D eigenvalue weighted by Gasteiger charge is -2.29. The molecule has 2 aliphatic rings. The molecule has 2 fully saturated rings. The first kappa shape index (κ1) is 30.1. The van der Waals surface area contributed by atoms with E-state index in [0.29, 0.717) is 11.8 Å². The zero-order chi connectivity index (χ0) is 27.8. The van der Waals surface area contributed by atoms with Gasteiger partial charge in [-0.2, -0.15) is 8.78 Å². The molecule has 2 aliphatic carbocycles. The third kappa shape index (κ3) is 7.86. The number of rotatable bonds is 12. The Bertz CT molecular complexity index is 1020. The number of hydrogen-bond donors (Lipinski definition) is 0. The molecule has 2 aromatic rings. The fourth-order valence-corrected chi connectivity index (χ4v) is 6.78. The molecule has 0 bridgehead atoms. The Hall–Kier alpha value is -1.88. The van der Waals surface area contributed by atoms with Crippen molar-refractivity contribution < 1.29 is 22.3 Å². The number of alkyl halides is 2. The third-order valence-corrected chi connectivity index (χ3v) is 9.48. The van der Waals surface area contributed by atoms with Crippen molar-refractivity contribution >= 4 is 0 Å². The Morgan fingerprint density at radius 1 is 0.744 bits per heavy atom. The van der Waals surface area contributed by atoms with Crippen molar-refractivity contribution in [3.05, 3.63) is 70.3 Å². The molecule has 0 N–H and O–H groups in total. The molecule has 0 heterocycles. The highest BCUT2D eigenvalue weighted by atomic mass is 19.3. The summed E-state index contributed by atoms with van der Waals surface area (Å²) in [5, 5.41) is 0. The third-order valence-electron chi connectivity index (χ3n) is 9.48. The fourth-order valence-electron chi connectivity index (χ4n) is 6.78. The lowest BCUT2D eigenvalue weighted by atomic mass is 9.77. The van der Waals surface area contributed by atoms with E-state index in [2.05, 4.69) is 26.0 Å². The first-order valence-corrected chi connectivity index (χ1v) is 15.4. The van der Waals surface area contributed by atoms with Crippen LogP contribution >= 0.6 is 0 Å².